The molecule has 0 unspecified atom stereocenters. The molecule has 22 heavy (non-hydrogen) atoms. The second kappa shape index (κ2) is 6.89. The fraction of sp³-hybridized carbons (Fsp3) is 0.312. The molecule has 0 radical (unpaired) electrons. The summed E-state index contributed by atoms with van der Waals surface area (Å²) in [5.74, 6) is 0.671. The summed E-state index contributed by atoms with van der Waals surface area (Å²) in [6.45, 7) is 2.74. The van der Waals surface area contributed by atoms with E-state index >= 15 is 0 Å². The van der Waals surface area contributed by atoms with Crippen LogP contribution >= 0.6 is 0 Å². The Kier molecular flexibility index (Phi) is 4.93. The highest BCUT2D eigenvalue weighted by Crippen LogP contribution is 2.22. The predicted octanol–water partition coefficient (Wildman–Crippen LogP) is 2.22. The Morgan fingerprint density at radius 3 is 2.50 bits per heavy atom. The van der Waals surface area contributed by atoms with Crippen LogP contribution in [0.25, 0.3) is 11.3 Å². The molecule has 2 aromatic rings. The van der Waals surface area contributed by atoms with E-state index in [1.54, 1.807) is 20.2 Å². The third-order valence-electron chi connectivity index (χ3n) is 2.99. The molecule has 1 aromatic heterocycles. The molecule has 0 aliphatic heterocycles. The van der Waals surface area contributed by atoms with Crippen molar-refractivity contribution in [3.8, 4) is 17.0 Å². The van der Waals surface area contributed by atoms with Gasteiger partial charge in [-0.3, -0.25) is 4.79 Å². The van der Waals surface area contributed by atoms with Crippen LogP contribution in [0.1, 0.15) is 23.8 Å². The van der Waals surface area contributed by atoms with Gasteiger partial charge in [-0.2, -0.15) is 0 Å². The number of nitrogens with zero attached hydrogens (tertiary/aromatic N) is 3. The number of nitrogens with two attached hydrogens (primary N) is 1. The number of hydrogen-bond acceptors (Lipinski definition) is 5. The molecule has 0 aliphatic carbocycles. The molecular weight excluding hydrogens is 280 g/mol. The molecular formula is C16H20N4O2. The highest BCUT2D eigenvalue weighted by atomic mass is 16.5. The highest BCUT2D eigenvalue weighted by molar-refractivity contribution is 5.93. The van der Waals surface area contributed by atoms with Gasteiger partial charge in [0.25, 0.3) is 5.91 Å². The Morgan fingerprint density at radius 2 is 1.91 bits per heavy atom. The molecule has 0 saturated carbocycles. The van der Waals surface area contributed by atoms with Gasteiger partial charge in [-0.1, -0.05) is 6.92 Å². The summed E-state index contributed by atoms with van der Waals surface area (Å²) >= 11 is 0. The lowest BCUT2D eigenvalue weighted by molar-refractivity contribution is 0.0822. The summed E-state index contributed by atoms with van der Waals surface area (Å²) in [5, 5.41) is 0. The standard InChI is InChI=1S/C16H20N4O2/c1-4-9-22-12-7-5-11(6-8-12)13-10-14(15(21)20(2)3)19-16(17)18-13/h5-8,10H,4,9H2,1-3H3,(H2,17,18,19). The summed E-state index contributed by atoms with van der Waals surface area (Å²) in [5.41, 5.74) is 7.45. The molecule has 1 amide bonds. The van der Waals surface area contributed by atoms with Crippen molar-refractivity contribution in [2.24, 2.45) is 0 Å². The molecule has 2 rings (SSSR count). The average molecular weight is 300 g/mol. The van der Waals surface area contributed by atoms with Gasteiger partial charge in [-0.05, 0) is 36.8 Å². The van der Waals surface area contributed by atoms with Crippen LogP contribution in [0.5, 0.6) is 5.75 Å². The Hall–Kier alpha value is -2.63. The normalized spacial score (nSPS) is 10.3. The van der Waals surface area contributed by atoms with Crippen LogP contribution in [0.15, 0.2) is 30.3 Å². The second-order valence-corrected chi connectivity index (χ2v) is 5.07. The maximum atomic E-state index is 12.0. The van der Waals surface area contributed by atoms with Crippen LogP contribution in [0.4, 0.5) is 5.95 Å². The van der Waals surface area contributed by atoms with Crippen LogP contribution in [-0.2, 0) is 0 Å². The van der Waals surface area contributed by atoms with Crippen molar-refractivity contribution >= 4 is 11.9 Å². The number of hydrogen-bond donors (Lipinski definition) is 1. The molecule has 0 bridgehead atoms. The monoisotopic (exact) mass is 300 g/mol. The molecule has 116 valence electrons. The first-order chi connectivity index (χ1) is 10.5. The number of anilines is 1. The van der Waals surface area contributed by atoms with E-state index in [1.807, 2.05) is 24.3 Å². The largest absolute Gasteiger partial charge is 0.494 e. The van der Waals surface area contributed by atoms with Crippen molar-refractivity contribution in [1.29, 1.82) is 0 Å². The zero-order valence-corrected chi connectivity index (χ0v) is 13.0. The summed E-state index contributed by atoms with van der Waals surface area (Å²) in [7, 11) is 3.33. The van der Waals surface area contributed by atoms with Gasteiger partial charge in [-0.15, -0.1) is 0 Å². The second-order valence-electron chi connectivity index (χ2n) is 5.07. The number of ether oxygens (including phenoxy) is 1. The van der Waals surface area contributed by atoms with Crippen molar-refractivity contribution in [3.63, 3.8) is 0 Å². The fourth-order valence-corrected chi connectivity index (χ4v) is 1.89. The van der Waals surface area contributed by atoms with E-state index in [2.05, 4.69) is 16.9 Å². The van der Waals surface area contributed by atoms with Crippen molar-refractivity contribution in [2.45, 2.75) is 13.3 Å². The number of amides is 1. The number of carbonyl (C=O) groups is 1. The fourth-order valence-electron chi connectivity index (χ4n) is 1.89. The average Bonchev–Trinajstić information content (AvgIpc) is 2.52. The zero-order valence-electron chi connectivity index (χ0n) is 13.0. The first-order valence-electron chi connectivity index (χ1n) is 7.10. The van der Waals surface area contributed by atoms with Crippen LogP contribution in [0.2, 0.25) is 0 Å². The summed E-state index contributed by atoms with van der Waals surface area (Å²) < 4.78 is 5.54. The van der Waals surface area contributed by atoms with E-state index in [0.717, 1.165) is 17.7 Å². The molecule has 6 heteroatoms. The number of nitrogen functional groups attached to an aromatic ring is 1. The van der Waals surface area contributed by atoms with E-state index in [9.17, 15) is 4.79 Å². The lowest BCUT2D eigenvalue weighted by atomic mass is 10.1. The van der Waals surface area contributed by atoms with Gasteiger partial charge >= 0.3 is 0 Å². The van der Waals surface area contributed by atoms with Gasteiger partial charge in [0.1, 0.15) is 11.4 Å². The maximum absolute atomic E-state index is 12.0. The molecule has 0 spiro atoms. The minimum atomic E-state index is -0.210. The maximum Gasteiger partial charge on any atom is 0.272 e. The molecule has 0 saturated heterocycles. The molecule has 0 fully saturated rings. The predicted molar refractivity (Wildman–Crippen MR) is 85.7 cm³/mol. The highest BCUT2D eigenvalue weighted by Gasteiger charge is 2.13. The number of benzene rings is 1. The van der Waals surface area contributed by atoms with E-state index in [4.69, 9.17) is 10.5 Å². The molecule has 0 aliphatic rings. The van der Waals surface area contributed by atoms with Crippen molar-refractivity contribution in [1.82, 2.24) is 14.9 Å². The first-order valence-corrected chi connectivity index (χ1v) is 7.10. The molecule has 1 heterocycles. The van der Waals surface area contributed by atoms with E-state index in [-0.39, 0.29) is 17.5 Å². The minimum absolute atomic E-state index is 0.0778. The lowest BCUT2D eigenvalue weighted by Crippen LogP contribution is -2.23. The van der Waals surface area contributed by atoms with E-state index in [1.165, 1.54) is 4.90 Å². The third-order valence-corrected chi connectivity index (χ3v) is 2.99. The SMILES string of the molecule is CCCOc1ccc(-c2cc(C(=O)N(C)C)nc(N)n2)cc1. The number of rotatable bonds is 5. The van der Waals surface area contributed by atoms with Crippen molar-refractivity contribution in [2.75, 3.05) is 26.4 Å². The molecule has 2 N–H and O–H groups in total. The number of carbonyl (C=O) groups excluding carboxylic acids is 1. The van der Waals surface area contributed by atoms with Gasteiger partial charge in [0.05, 0.1) is 12.3 Å². The Balaban J connectivity index is 2.30. The van der Waals surface area contributed by atoms with Gasteiger partial charge < -0.3 is 15.4 Å². The third kappa shape index (κ3) is 3.72. The Bertz CT molecular complexity index is 654. The number of aromatic nitrogens is 2. The lowest BCUT2D eigenvalue weighted by Gasteiger charge is -2.11. The van der Waals surface area contributed by atoms with Gasteiger partial charge in [0.2, 0.25) is 5.95 Å². The topological polar surface area (TPSA) is 81.3 Å². The Morgan fingerprint density at radius 1 is 1.23 bits per heavy atom. The van der Waals surface area contributed by atoms with Crippen LogP contribution in [-0.4, -0.2) is 41.5 Å². The van der Waals surface area contributed by atoms with Gasteiger partial charge in [-0.25, -0.2) is 9.97 Å². The summed E-state index contributed by atoms with van der Waals surface area (Å²) in [6.07, 6.45) is 0.959. The molecule has 0 atom stereocenters. The van der Waals surface area contributed by atoms with Gasteiger partial charge in [0.15, 0.2) is 0 Å². The van der Waals surface area contributed by atoms with Crippen LogP contribution < -0.4 is 10.5 Å². The summed E-state index contributed by atoms with van der Waals surface area (Å²) in [4.78, 5) is 21.6. The smallest absolute Gasteiger partial charge is 0.272 e. The van der Waals surface area contributed by atoms with Crippen molar-refractivity contribution < 1.29 is 9.53 Å². The van der Waals surface area contributed by atoms with E-state index in [0.29, 0.717) is 12.3 Å². The summed E-state index contributed by atoms with van der Waals surface area (Å²) in [6, 6.07) is 9.15. The molecule has 6 nitrogen and oxygen atoms in total. The van der Waals surface area contributed by atoms with Crippen LogP contribution in [0.3, 0.4) is 0 Å². The van der Waals surface area contributed by atoms with E-state index < -0.39 is 0 Å². The van der Waals surface area contributed by atoms with Gasteiger partial charge in [0, 0.05) is 19.7 Å². The molecule has 1 aromatic carbocycles. The van der Waals surface area contributed by atoms with Crippen LogP contribution in [0, 0.1) is 0 Å². The minimum Gasteiger partial charge on any atom is -0.494 e. The first kappa shape index (κ1) is 15.8. The van der Waals surface area contributed by atoms with Crippen molar-refractivity contribution in [3.05, 3.63) is 36.0 Å². The Labute approximate surface area is 129 Å². The quantitative estimate of drug-likeness (QED) is 0.915. The zero-order chi connectivity index (χ0) is 16.1.